The largest absolute Gasteiger partial charge is 0.480 e. The molecule has 7 heteroatoms. The Morgan fingerprint density at radius 2 is 2.29 bits per heavy atom. The molecule has 1 aliphatic rings. The van der Waals surface area contributed by atoms with E-state index in [0.29, 0.717) is 16.0 Å². The van der Waals surface area contributed by atoms with Crippen LogP contribution >= 0.6 is 11.3 Å². The number of H-pyrrole nitrogens is 1. The van der Waals surface area contributed by atoms with Gasteiger partial charge in [0.1, 0.15) is 23.9 Å². The molecule has 1 aliphatic carbocycles. The summed E-state index contributed by atoms with van der Waals surface area (Å²) in [5.41, 5.74) is 0.958. The summed E-state index contributed by atoms with van der Waals surface area (Å²) in [6.07, 6.45) is 2.03. The van der Waals surface area contributed by atoms with Gasteiger partial charge in [-0.1, -0.05) is 13.8 Å². The molecule has 0 atom stereocenters. The second-order valence-corrected chi connectivity index (χ2v) is 6.95. The lowest BCUT2D eigenvalue weighted by atomic mass is 9.86. The molecule has 0 saturated carbocycles. The SMILES string of the molecule is CC1(C)CCc2sc3nc(COCC(=O)O)[nH]c(=O)c3c21. The van der Waals surface area contributed by atoms with E-state index in [2.05, 4.69) is 23.8 Å². The van der Waals surface area contributed by atoms with Gasteiger partial charge in [-0.15, -0.1) is 11.3 Å². The fourth-order valence-electron chi connectivity index (χ4n) is 2.84. The van der Waals surface area contributed by atoms with Gasteiger partial charge in [0.05, 0.1) is 5.39 Å². The third-order valence-corrected chi connectivity index (χ3v) is 4.95. The summed E-state index contributed by atoms with van der Waals surface area (Å²) in [6, 6.07) is 0. The van der Waals surface area contributed by atoms with Crippen LogP contribution in [0.2, 0.25) is 0 Å². The van der Waals surface area contributed by atoms with Crippen LogP contribution in [-0.2, 0) is 28.0 Å². The average molecular weight is 308 g/mol. The van der Waals surface area contributed by atoms with E-state index in [-0.39, 0.29) is 17.6 Å². The van der Waals surface area contributed by atoms with Crippen molar-refractivity contribution in [1.82, 2.24) is 9.97 Å². The molecule has 0 aromatic carbocycles. The number of ether oxygens (including phenoxy) is 1. The molecule has 0 aliphatic heterocycles. The average Bonchev–Trinajstić information content (AvgIpc) is 2.87. The maximum atomic E-state index is 12.3. The Kier molecular flexibility index (Phi) is 3.33. The molecular weight excluding hydrogens is 292 g/mol. The van der Waals surface area contributed by atoms with Gasteiger partial charge in [-0.2, -0.15) is 0 Å². The summed E-state index contributed by atoms with van der Waals surface area (Å²) in [4.78, 5) is 31.8. The minimum atomic E-state index is -1.05. The number of aromatic amines is 1. The molecular formula is C14H16N2O4S. The maximum Gasteiger partial charge on any atom is 0.329 e. The van der Waals surface area contributed by atoms with Crippen molar-refractivity contribution in [2.45, 2.75) is 38.7 Å². The molecule has 0 amide bonds. The number of aryl methyl sites for hydroxylation is 1. The van der Waals surface area contributed by atoms with Gasteiger partial charge in [-0.25, -0.2) is 9.78 Å². The first-order valence-corrected chi connectivity index (χ1v) is 7.55. The van der Waals surface area contributed by atoms with Crippen LogP contribution in [0.3, 0.4) is 0 Å². The van der Waals surface area contributed by atoms with Gasteiger partial charge in [0.15, 0.2) is 0 Å². The summed E-state index contributed by atoms with van der Waals surface area (Å²) >= 11 is 1.55. The molecule has 0 saturated heterocycles. The topological polar surface area (TPSA) is 92.3 Å². The number of hydrogen-bond donors (Lipinski definition) is 2. The Morgan fingerprint density at radius 1 is 1.52 bits per heavy atom. The standard InChI is InChI=1S/C14H16N2O4S/c1-14(2)4-3-7-11(14)10-12(19)15-8(16-13(10)21-7)5-20-6-9(17)18/h3-6H2,1-2H3,(H,17,18)(H,15,16,19). The van der Waals surface area contributed by atoms with E-state index in [0.717, 1.165) is 18.4 Å². The van der Waals surface area contributed by atoms with E-state index in [1.165, 1.54) is 4.88 Å². The fourth-order valence-corrected chi connectivity index (χ4v) is 4.22. The molecule has 6 nitrogen and oxygen atoms in total. The van der Waals surface area contributed by atoms with Gasteiger partial charge in [-0.05, 0) is 23.8 Å². The maximum absolute atomic E-state index is 12.3. The number of carboxylic acids is 1. The van der Waals surface area contributed by atoms with E-state index in [1.807, 2.05) is 0 Å². The Morgan fingerprint density at radius 3 is 3.00 bits per heavy atom. The highest BCUT2D eigenvalue weighted by Crippen LogP contribution is 2.45. The van der Waals surface area contributed by atoms with Crippen molar-refractivity contribution >= 4 is 27.5 Å². The normalized spacial score (nSPS) is 16.3. The zero-order valence-electron chi connectivity index (χ0n) is 11.9. The summed E-state index contributed by atoms with van der Waals surface area (Å²) < 4.78 is 4.98. The Hall–Kier alpha value is -1.73. The van der Waals surface area contributed by atoms with Crippen LogP contribution in [0.1, 0.15) is 36.5 Å². The highest BCUT2D eigenvalue weighted by atomic mass is 32.1. The highest BCUT2D eigenvalue weighted by Gasteiger charge is 2.35. The van der Waals surface area contributed by atoms with Crippen molar-refractivity contribution in [3.05, 3.63) is 26.6 Å². The zero-order chi connectivity index (χ0) is 15.2. The van der Waals surface area contributed by atoms with Crippen LogP contribution in [0.25, 0.3) is 10.2 Å². The van der Waals surface area contributed by atoms with Crippen molar-refractivity contribution in [2.24, 2.45) is 0 Å². The smallest absolute Gasteiger partial charge is 0.329 e. The lowest BCUT2D eigenvalue weighted by molar-refractivity contribution is -0.142. The minimum Gasteiger partial charge on any atom is -0.480 e. The number of aliphatic carboxylic acids is 1. The highest BCUT2D eigenvalue weighted by molar-refractivity contribution is 7.18. The Bertz CT molecular complexity index is 775. The number of rotatable bonds is 4. The van der Waals surface area contributed by atoms with E-state index in [9.17, 15) is 9.59 Å². The minimum absolute atomic E-state index is 0.00356. The number of hydrogen-bond acceptors (Lipinski definition) is 5. The lowest BCUT2D eigenvalue weighted by Gasteiger charge is -2.17. The number of thiophene rings is 1. The molecule has 0 radical (unpaired) electrons. The van der Waals surface area contributed by atoms with E-state index < -0.39 is 12.6 Å². The molecule has 2 aromatic rings. The van der Waals surface area contributed by atoms with Gasteiger partial charge < -0.3 is 14.8 Å². The number of aromatic nitrogens is 2. The van der Waals surface area contributed by atoms with Crippen LogP contribution in [-0.4, -0.2) is 27.7 Å². The van der Waals surface area contributed by atoms with Crippen LogP contribution < -0.4 is 5.56 Å². The number of nitrogens with one attached hydrogen (secondary N) is 1. The van der Waals surface area contributed by atoms with Crippen molar-refractivity contribution in [1.29, 1.82) is 0 Å². The quantitative estimate of drug-likeness (QED) is 0.898. The summed E-state index contributed by atoms with van der Waals surface area (Å²) in [5.74, 6) is -0.679. The number of nitrogens with zero attached hydrogens (tertiary/aromatic N) is 1. The summed E-state index contributed by atoms with van der Waals surface area (Å²) in [7, 11) is 0. The third kappa shape index (κ3) is 2.47. The molecule has 112 valence electrons. The van der Waals surface area contributed by atoms with Crippen molar-refractivity contribution < 1.29 is 14.6 Å². The molecule has 0 unspecified atom stereocenters. The summed E-state index contributed by atoms with van der Waals surface area (Å²) in [6.45, 7) is 3.88. The van der Waals surface area contributed by atoms with Gasteiger partial charge in [-0.3, -0.25) is 4.79 Å². The van der Waals surface area contributed by atoms with Gasteiger partial charge in [0.2, 0.25) is 0 Å². The van der Waals surface area contributed by atoms with Gasteiger partial charge in [0, 0.05) is 4.88 Å². The molecule has 2 heterocycles. The van der Waals surface area contributed by atoms with E-state index >= 15 is 0 Å². The molecule has 0 fully saturated rings. The fraction of sp³-hybridized carbons (Fsp3) is 0.500. The first-order chi connectivity index (χ1) is 9.88. The van der Waals surface area contributed by atoms with Crippen LogP contribution in [0.4, 0.5) is 0 Å². The van der Waals surface area contributed by atoms with Crippen LogP contribution in [0.5, 0.6) is 0 Å². The van der Waals surface area contributed by atoms with Crippen molar-refractivity contribution in [2.75, 3.05) is 6.61 Å². The van der Waals surface area contributed by atoms with Crippen LogP contribution in [0.15, 0.2) is 4.79 Å². The second-order valence-electron chi connectivity index (χ2n) is 5.86. The summed E-state index contributed by atoms with van der Waals surface area (Å²) in [5, 5.41) is 9.22. The monoisotopic (exact) mass is 308 g/mol. The van der Waals surface area contributed by atoms with Crippen molar-refractivity contribution in [3.63, 3.8) is 0 Å². The van der Waals surface area contributed by atoms with Crippen molar-refractivity contribution in [3.8, 4) is 0 Å². The molecule has 21 heavy (non-hydrogen) atoms. The van der Waals surface area contributed by atoms with E-state index in [4.69, 9.17) is 9.84 Å². The third-order valence-electron chi connectivity index (χ3n) is 3.80. The first-order valence-electron chi connectivity index (χ1n) is 6.73. The predicted molar refractivity (Wildman–Crippen MR) is 78.9 cm³/mol. The number of carboxylic acid groups (broad SMARTS) is 1. The molecule has 0 spiro atoms. The Labute approximate surface area is 124 Å². The number of carbonyl (C=O) groups is 1. The second kappa shape index (κ2) is 4.92. The number of fused-ring (bicyclic) bond motifs is 3. The van der Waals surface area contributed by atoms with E-state index in [1.54, 1.807) is 11.3 Å². The van der Waals surface area contributed by atoms with Crippen LogP contribution in [0, 0.1) is 0 Å². The first kappa shape index (κ1) is 14.2. The Balaban J connectivity index is 2.00. The van der Waals surface area contributed by atoms with Gasteiger partial charge in [0.25, 0.3) is 5.56 Å². The molecule has 3 rings (SSSR count). The predicted octanol–water partition coefficient (Wildman–Crippen LogP) is 1.81. The molecule has 2 aromatic heterocycles. The lowest BCUT2D eigenvalue weighted by Crippen LogP contribution is -2.18. The molecule has 0 bridgehead atoms. The molecule has 2 N–H and O–H groups in total. The zero-order valence-corrected chi connectivity index (χ0v) is 12.7. The van der Waals surface area contributed by atoms with Gasteiger partial charge >= 0.3 is 5.97 Å².